The molecule has 2 rings (SSSR count). The predicted molar refractivity (Wildman–Crippen MR) is 79.3 cm³/mol. The van der Waals surface area contributed by atoms with E-state index >= 15 is 0 Å². The van der Waals surface area contributed by atoms with Crippen LogP contribution in [0.25, 0.3) is 0 Å². The van der Waals surface area contributed by atoms with Crippen molar-refractivity contribution in [2.75, 3.05) is 0 Å². The zero-order valence-corrected chi connectivity index (χ0v) is 12.2. The van der Waals surface area contributed by atoms with Gasteiger partial charge in [0.1, 0.15) is 0 Å². The molecule has 1 atom stereocenters. The lowest BCUT2D eigenvalue weighted by atomic mass is 10.0. The van der Waals surface area contributed by atoms with Gasteiger partial charge in [-0.15, -0.1) is 11.3 Å². The molecule has 0 radical (unpaired) electrons. The van der Waals surface area contributed by atoms with E-state index in [4.69, 9.17) is 29.0 Å². The minimum Gasteiger partial charge on any atom is -0.271 e. The summed E-state index contributed by atoms with van der Waals surface area (Å²) in [7, 11) is 0. The molecule has 0 saturated heterocycles. The molecule has 0 aliphatic carbocycles. The van der Waals surface area contributed by atoms with Gasteiger partial charge in [0.25, 0.3) is 0 Å². The molecule has 1 aromatic heterocycles. The highest BCUT2D eigenvalue weighted by Gasteiger charge is 2.13. The van der Waals surface area contributed by atoms with Gasteiger partial charge in [0.2, 0.25) is 0 Å². The maximum atomic E-state index is 6.17. The quantitative estimate of drug-likeness (QED) is 0.659. The molecule has 1 unspecified atom stereocenters. The molecule has 1 heterocycles. The van der Waals surface area contributed by atoms with Gasteiger partial charge in [0.15, 0.2) is 0 Å². The fourth-order valence-corrected chi connectivity index (χ4v) is 3.07. The second-order valence-corrected chi connectivity index (χ2v) is 6.11. The Kier molecular flexibility index (Phi) is 4.65. The Bertz CT molecular complexity index is 540. The Morgan fingerprint density at radius 1 is 1.33 bits per heavy atom. The van der Waals surface area contributed by atoms with E-state index in [9.17, 15) is 0 Å². The van der Waals surface area contributed by atoms with Gasteiger partial charge in [0, 0.05) is 14.9 Å². The van der Waals surface area contributed by atoms with Crippen molar-refractivity contribution in [2.45, 2.75) is 19.4 Å². The average Bonchev–Trinajstić information content (AvgIpc) is 2.75. The molecule has 1 aromatic carbocycles. The van der Waals surface area contributed by atoms with E-state index in [1.54, 1.807) is 17.4 Å². The molecule has 0 fully saturated rings. The van der Waals surface area contributed by atoms with Crippen molar-refractivity contribution in [1.29, 1.82) is 0 Å². The van der Waals surface area contributed by atoms with Crippen LogP contribution in [0.4, 0.5) is 0 Å². The largest absolute Gasteiger partial charge is 0.271 e. The Morgan fingerprint density at radius 3 is 2.67 bits per heavy atom. The summed E-state index contributed by atoms with van der Waals surface area (Å²) in [6.45, 7) is 2.08. The molecule has 0 saturated carbocycles. The highest BCUT2D eigenvalue weighted by molar-refractivity contribution is 7.10. The number of halogens is 2. The molecule has 18 heavy (non-hydrogen) atoms. The maximum Gasteiger partial charge on any atom is 0.0509 e. The van der Waals surface area contributed by atoms with Crippen LogP contribution < -0.4 is 11.3 Å². The first-order chi connectivity index (χ1) is 8.60. The van der Waals surface area contributed by atoms with E-state index in [0.717, 1.165) is 12.0 Å². The molecular formula is C13H14Cl2N2S. The van der Waals surface area contributed by atoms with Crippen molar-refractivity contribution < 1.29 is 0 Å². The van der Waals surface area contributed by atoms with E-state index in [1.807, 2.05) is 12.1 Å². The van der Waals surface area contributed by atoms with Crippen molar-refractivity contribution >= 4 is 34.5 Å². The number of rotatable bonds is 4. The average molecular weight is 301 g/mol. The van der Waals surface area contributed by atoms with Crippen LogP contribution in [-0.4, -0.2) is 0 Å². The first-order valence-corrected chi connectivity index (χ1v) is 7.19. The van der Waals surface area contributed by atoms with Crippen LogP contribution in [0.3, 0.4) is 0 Å². The van der Waals surface area contributed by atoms with Crippen LogP contribution in [-0.2, 0) is 6.42 Å². The van der Waals surface area contributed by atoms with Gasteiger partial charge < -0.3 is 0 Å². The topological polar surface area (TPSA) is 38.0 Å². The molecule has 0 aliphatic rings. The number of nitrogens with one attached hydrogen (secondary N) is 1. The van der Waals surface area contributed by atoms with Crippen molar-refractivity contribution in [3.63, 3.8) is 0 Å². The van der Waals surface area contributed by atoms with Crippen molar-refractivity contribution in [3.8, 4) is 0 Å². The third-order valence-corrected chi connectivity index (χ3v) is 4.26. The lowest BCUT2D eigenvalue weighted by Gasteiger charge is -2.15. The van der Waals surface area contributed by atoms with Crippen molar-refractivity contribution in [1.82, 2.24) is 5.43 Å². The molecule has 0 aliphatic heterocycles. The number of hydrazine groups is 1. The summed E-state index contributed by atoms with van der Waals surface area (Å²) in [6.07, 6.45) is 0.739. The standard InChI is InChI=1S/C13H14Cl2N2S/c1-8-4-10(7-18-8)13(17-16)5-9-2-3-11(14)6-12(9)15/h2-4,6-7,13,17H,5,16H2,1H3. The van der Waals surface area contributed by atoms with E-state index in [1.165, 1.54) is 10.4 Å². The second-order valence-electron chi connectivity index (χ2n) is 4.15. The summed E-state index contributed by atoms with van der Waals surface area (Å²) in [6, 6.07) is 7.74. The number of hydrogen-bond acceptors (Lipinski definition) is 3. The van der Waals surface area contributed by atoms with Gasteiger partial charge in [-0.05, 0) is 48.1 Å². The van der Waals surface area contributed by atoms with Crippen LogP contribution in [0.2, 0.25) is 10.0 Å². The van der Waals surface area contributed by atoms with Crippen LogP contribution in [0.15, 0.2) is 29.6 Å². The number of aryl methyl sites for hydroxylation is 1. The fourth-order valence-electron chi connectivity index (χ4n) is 1.83. The molecule has 3 N–H and O–H groups in total. The summed E-state index contributed by atoms with van der Waals surface area (Å²) in [5, 5.41) is 3.44. The highest BCUT2D eigenvalue weighted by atomic mass is 35.5. The Labute approximate surface area is 121 Å². The van der Waals surface area contributed by atoms with E-state index in [-0.39, 0.29) is 6.04 Å². The Balaban J connectivity index is 2.20. The molecular weight excluding hydrogens is 287 g/mol. The van der Waals surface area contributed by atoms with E-state index in [0.29, 0.717) is 10.0 Å². The van der Waals surface area contributed by atoms with Crippen molar-refractivity contribution in [2.24, 2.45) is 5.84 Å². The zero-order chi connectivity index (χ0) is 13.1. The van der Waals surface area contributed by atoms with Crippen LogP contribution in [0.1, 0.15) is 22.0 Å². The summed E-state index contributed by atoms with van der Waals surface area (Å²) in [5.41, 5.74) is 5.06. The van der Waals surface area contributed by atoms with Crippen LogP contribution in [0, 0.1) is 6.92 Å². The molecule has 2 nitrogen and oxygen atoms in total. The summed E-state index contributed by atoms with van der Waals surface area (Å²) in [4.78, 5) is 1.27. The Hall–Kier alpha value is -0.580. The number of nitrogens with two attached hydrogens (primary N) is 1. The lowest BCUT2D eigenvalue weighted by Crippen LogP contribution is -2.29. The van der Waals surface area contributed by atoms with Gasteiger partial charge in [-0.1, -0.05) is 29.3 Å². The molecule has 0 spiro atoms. The number of benzene rings is 1. The van der Waals surface area contributed by atoms with Gasteiger partial charge in [-0.3, -0.25) is 11.3 Å². The monoisotopic (exact) mass is 300 g/mol. The Morgan fingerprint density at radius 2 is 2.11 bits per heavy atom. The summed E-state index contributed by atoms with van der Waals surface area (Å²) >= 11 is 13.8. The minimum absolute atomic E-state index is 0.0635. The number of hydrogen-bond donors (Lipinski definition) is 2. The number of thiophene rings is 1. The zero-order valence-electron chi connectivity index (χ0n) is 9.91. The summed E-state index contributed by atoms with van der Waals surface area (Å²) < 4.78 is 0. The molecule has 0 bridgehead atoms. The molecule has 0 amide bonds. The molecule has 96 valence electrons. The predicted octanol–water partition coefficient (Wildman–Crippen LogP) is 4.11. The maximum absolute atomic E-state index is 6.17. The van der Waals surface area contributed by atoms with Crippen LogP contribution >= 0.6 is 34.5 Å². The first-order valence-electron chi connectivity index (χ1n) is 5.55. The lowest BCUT2D eigenvalue weighted by molar-refractivity contribution is 0.553. The van der Waals surface area contributed by atoms with Gasteiger partial charge in [-0.25, -0.2) is 0 Å². The normalized spacial score (nSPS) is 12.7. The third kappa shape index (κ3) is 3.25. The van der Waals surface area contributed by atoms with E-state index < -0.39 is 0 Å². The van der Waals surface area contributed by atoms with Crippen molar-refractivity contribution in [3.05, 3.63) is 55.7 Å². The first kappa shape index (κ1) is 13.8. The minimum atomic E-state index is 0.0635. The van der Waals surface area contributed by atoms with Crippen LogP contribution in [0.5, 0.6) is 0 Å². The SMILES string of the molecule is Cc1cc(C(Cc2ccc(Cl)cc2Cl)NN)cs1. The van der Waals surface area contributed by atoms with Gasteiger partial charge in [-0.2, -0.15) is 0 Å². The highest BCUT2D eigenvalue weighted by Crippen LogP contribution is 2.27. The smallest absolute Gasteiger partial charge is 0.0509 e. The molecule has 5 heteroatoms. The van der Waals surface area contributed by atoms with Gasteiger partial charge in [0.05, 0.1) is 6.04 Å². The van der Waals surface area contributed by atoms with Gasteiger partial charge >= 0.3 is 0 Å². The third-order valence-electron chi connectivity index (χ3n) is 2.79. The fraction of sp³-hybridized carbons (Fsp3) is 0.231. The summed E-state index contributed by atoms with van der Waals surface area (Å²) in [5.74, 6) is 5.63. The second kappa shape index (κ2) is 6.04. The van der Waals surface area contributed by atoms with E-state index in [2.05, 4.69) is 23.8 Å². The molecule has 2 aromatic rings.